The van der Waals surface area contributed by atoms with Crippen LogP contribution in [0.3, 0.4) is 0 Å². The van der Waals surface area contributed by atoms with E-state index in [4.69, 9.17) is 4.74 Å². The van der Waals surface area contributed by atoms with Gasteiger partial charge in [0.15, 0.2) is 0 Å². The van der Waals surface area contributed by atoms with Gasteiger partial charge in [0.2, 0.25) is 0 Å². The average molecular weight is 207 g/mol. The van der Waals surface area contributed by atoms with Crippen LogP contribution in [0.1, 0.15) is 25.8 Å². The van der Waals surface area contributed by atoms with Crippen molar-refractivity contribution >= 4 is 0 Å². The summed E-state index contributed by atoms with van der Waals surface area (Å²) in [6.45, 7) is 7.09. The van der Waals surface area contributed by atoms with E-state index in [1.54, 1.807) is 0 Å². The van der Waals surface area contributed by atoms with E-state index in [-0.39, 0.29) is 0 Å². The first-order valence-electron chi connectivity index (χ1n) is 5.79. The highest BCUT2D eigenvalue weighted by Crippen LogP contribution is 2.12. The molecule has 0 aliphatic carbocycles. The van der Waals surface area contributed by atoms with Gasteiger partial charge in [-0.15, -0.1) is 0 Å². The van der Waals surface area contributed by atoms with Gasteiger partial charge in [0.05, 0.1) is 6.61 Å². The highest BCUT2D eigenvalue weighted by atomic mass is 16.5. The largest absolute Gasteiger partial charge is 0.494 e. The zero-order valence-electron chi connectivity index (χ0n) is 9.75. The van der Waals surface area contributed by atoms with Crippen molar-refractivity contribution in [1.82, 2.24) is 5.32 Å². The Kier molecular flexibility index (Phi) is 5.86. The van der Waals surface area contributed by atoms with E-state index in [1.807, 2.05) is 19.1 Å². The van der Waals surface area contributed by atoms with E-state index in [1.165, 1.54) is 12.0 Å². The molecule has 0 aliphatic rings. The van der Waals surface area contributed by atoms with Gasteiger partial charge in [-0.05, 0) is 50.6 Å². The fraction of sp³-hybridized carbons (Fsp3) is 0.538. The van der Waals surface area contributed by atoms with Crippen LogP contribution in [0, 0.1) is 0 Å². The Bertz CT molecular complexity index is 256. The molecule has 0 aromatic heterocycles. The van der Waals surface area contributed by atoms with Crippen molar-refractivity contribution in [3.63, 3.8) is 0 Å². The number of rotatable bonds is 7. The molecule has 1 aromatic rings. The second-order valence-electron chi connectivity index (χ2n) is 3.58. The van der Waals surface area contributed by atoms with Gasteiger partial charge in [0.25, 0.3) is 0 Å². The van der Waals surface area contributed by atoms with Crippen molar-refractivity contribution in [3.05, 3.63) is 29.8 Å². The van der Waals surface area contributed by atoms with Crippen LogP contribution in [0.15, 0.2) is 24.3 Å². The summed E-state index contributed by atoms with van der Waals surface area (Å²) in [5.74, 6) is 0.961. The SMILES string of the molecule is CCCNCCc1ccc(OCC)cc1. The molecule has 1 rings (SSSR count). The smallest absolute Gasteiger partial charge is 0.119 e. The van der Waals surface area contributed by atoms with Crippen LogP contribution in [0.5, 0.6) is 5.75 Å². The molecule has 2 nitrogen and oxygen atoms in total. The molecule has 0 heterocycles. The summed E-state index contributed by atoms with van der Waals surface area (Å²) in [5.41, 5.74) is 1.36. The van der Waals surface area contributed by atoms with Crippen LogP contribution in [-0.4, -0.2) is 19.7 Å². The highest BCUT2D eigenvalue weighted by molar-refractivity contribution is 5.27. The molecule has 1 aromatic carbocycles. The van der Waals surface area contributed by atoms with E-state index in [0.29, 0.717) is 0 Å². The minimum absolute atomic E-state index is 0.734. The molecule has 0 atom stereocenters. The fourth-order valence-electron chi connectivity index (χ4n) is 1.45. The third kappa shape index (κ3) is 4.84. The summed E-state index contributed by atoms with van der Waals surface area (Å²) >= 11 is 0. The Morgan fingerprint density at radius 3 is 2.40 bits per heavy atom. The lowest BCUT2D eigenvalue weighted by atomic mass is 10.1. The van der Waals surface area contributed by atoms with E-state index in [0.717, 1.165) is 31.9 Å². The minimum Gasteiger partial charge on any atom is -0.494 e. The Labute approximate surface area is 92.6 Å². The van der Waals surface area contributed by atoms with Crippen LogP contribution < -0.4 is 10.1 Å². The normalized spacial score (nSPS) is 10.3. The Hall–Kier alpha value is -1.02. The lowest BCUT2D eigenvalue weighted by Gasteiger charge is -2.05. The Morgan fingerprint density at radius 1 is 1.07 bits per heavy atom. The van der Waals surface area contributed by atoms with Gasteiger partial charge in [-0.3, -0.25) is 0 Å². The average Bonchev–Trinajstić information content (AvgIpc) is 2.27. The maximum Gasteiger partial charge on any atom is 0.119 e. The van der Waals surface area contributed by atoms with E-state index >= 15 is 0 Å². The monoisotopic (exact) mass is 207 g/mol. The molecule has 0 aliphatic heterocycles. The van der Waals surface area contributed by atoms with Crippen molar-refractivity contribution < 1.29 is 4.74 Å². The Morgan fingerprint density at radius 2 is 1.80 bits per heavy atom. The topological polar surface area (TPSA) is 21.3 Å². The summed E-state index contributed by atoms with van der Waals surface area (Å²) in [4.78, 5) is 0. The molecule has 0 unspecified atom stereocenters. The number of ether oxygens (including phenoxy) is 1. The zero-order chi connectivity index (χ0) is 10.9. The molecule has 0 amide bonds. The van der Waals surface area contributed by atoms with Gasteiger partial charge in [-0.1, -0.05) is 19.1 Å². The maximum absolute atomic E-state index is 5.39. The van der Waals surface area contributed by atoms with Gasteiger partial charge in [0, 0.05) is 0 Å². The number of hydrogen-bond donors (Lipinski definition) is 1. The summed E-state index contributed by atoms with van der Waals surface area (Å²) in [5, 5.41) is 3.39. The van der Waals surface area contributed by atoms with Crippen LogP contribution in [-0.2, 0) is 6.42 Å². The van der Waals surface area contributed by atoms with Crippen LogP contribution in [0.25, 0.3) is 0 Å². The first kappa shape index (κ1) is 12.1. The number of nitrogens with one attached hydrogen (secondary N) is 1. The molecule has 2 heteroatoms. The quantitative estimate of drug-likeness (QED) is 0.694. The van der Waals surface area contributed by atoms with Crippen molar-refractivity contribution in [2.75, 3.05) is 19.7 Å². The van der Waals surface area contributed by atoms with Crippen molar-refractivity contribution in [1.29, 1.82) is 0 Å². The van der Waals surface area contributed by atoms with Gasteiger partial charge in [0.1, 0.15) is 5.75 Å². The number of hydrogen-bond acceptors (Lipinski definition) is 2. The third-order valence-corrected chi connectivity index (χ3v) is 2.25. The lowest BCUT2D eigenvalue weighted by molar-refractivity contribution is 0.340. The van der Waals surface area contributed by atoms with Crippen LogP contribution >= 0.6 is 0 Å². The molecular formula is C13H21NO. The molecule has 0 saturated heterocycles. The first-order chi connectivity index (χ1) is 7.36. The van der Waals surface area contributed by atoms with Gasteiger partial charge in [-0.25, -0.2) is 0 Å². The standard InChI is InChI=1S/C13H21NO/c1-3-10-14-11-9-12-5-7-13(8-6-12)15-4-2/h5-8,14H,3-4,9-11H2,1-2H3. The molecule has 0 bridgehead atoms. The second kappa shape index (κ2) is 7.30. The molecule has 0 saturated carbocycles. The van der Waals surface area contributed by atoms with Gasteiger partial charge >= 0.3 is 0 Å². The summed E-state index contributed by atoms with van der Waals surface area (Å²) in [7, 11) is 0. The van der Waals surface area contributed by atoms with Gasteiger partial charge < -0.3 is 10.1 Å². The van der Waals surface area contributed by atoms with Gasteiger partial charge in [-0.2, -0.15) is 0 Å². The predicted molar refractivity (Wildman–Crippen MR) is 64.5 cm³/mol. The van der Waals surface area contributed by atoms with E-state index < -0.39 is 0 Å². The third-order valence-electron chi connectivity index (χ3n) is 2.25. The zero-order valence-corrected chi connectivity index (χ0v) is 9.75. The molecule has 0 radical (unpaired) electrons. The van der Waals surface area contributed by atoms with Crippen molar-refractivity contribution in [3.8, 4) is 5.75 Å². The fourth-order valence-corrected chi connectivity index (χ4v) is 1.45. The number of benzene rings is 1. The molecule has 1 N–H and O–H groups in total. The maximum atomic E-state index is 5.39. The van der Waals surface area contributed by atoms with Crippen molar-refractivity contribution in [2.45, 2.75) is 26.7 Å². The first-order valence-corrected chi connectivity index (χ1v) is 5.79. The van der Waals surface area contributed by atoms with Crippen LogP contribution in [0.4, 0.5) is 0 Å². The molecule has 15 heavy (non-hydrogen) atoms. The van der Waals surface area contributed by atoms with Crippen molar-refractivity contribution in [2.24, 2.45) is 0 Å². The summed E-state index contributed by atoms with van der Waals surface area (Å²) in [6, 6.07) is 8.36. The summed E-state index contributed by atoms with van der Waals surface area (Å²) < 4.78 is 5.39. The second-order valence-corrected chi connectivity index (χ2v) is 3.58. The van der Waals surface area contributed by atoms with Crippen LogP contribution in [0.2, 0.25) is 0 Å². The molecule has 84 valence electrons. The van der Waals surface area contributed by atoms with E-state index in [2.05, 4.69) is 24.4 Å². The lowest BCUT2D eigenvalue weighted by Crippen LogP contribution is -2.17. The predicted octanol–water partition coefficient (Wildman–Crippen LogP) is 2.63. The Balaban J connectivity index is 2.29. The minimum atomic E-state index is 0.734. The van der Waals surface area contributed by atoms with E-state index in [9.17, 15) is 0 Å². The molecule has 0 spiro atoms. The molecular weight excluding hydrogens is 186 g/mol. The molecule has 0 fully saturated rings. The summed E-state index contributed by atoms with van der Waals surface area (Å²) in [6.07, 6.45) is 2.29. The highest BCUT2D eigenvalue weighted by Gasteiger charge is 1.94.